The summed E-state index contributed by atoms with van der Waals surface area (Å²) in [7, 11) is 4.01. The minimum absolute atomic E-state index is 0.0932. The van der Waals surface area contributed by atoms with Crippen LogP contribution in [-0.2, 0) is 5.54 Å². The number of hydrogen-bond donors (Lipinski definition) is 2. The number of nitrogens with one attached hydrogen (secondary N) is 1. The topological polar surface area (TPSA) is 35.5 Å². The quantitative estimate of drug-likeness (QED) is 0.773. The van der Waals surface area contributed by atoms with Gasteiger partial charge in [-0.3, -0.25) is 0 Å². The minimum Gasteiger partial charge on any atom is -0.394 e. The highest BCUT2D eigenvalue weighted by atomic mass is 16.3. The van der Waals surface area contributed by atoms with E-state index in [9.17, 15) is 5.11 Å². The second-order valence-corrected chi connectivity index (χ2v) is 5.45. The lowest BCUT2D eigenvalue weighted by Gasteiger charge is -2.36. The van der Waals surface area contributed by atoms with Crippen molar-refractivity contribution in [2.75, 3.05) is 33.8 Å². The molecule has 102 valence electrons. The molecular weight excluding hydrogens is 224 g/mol. The molecule has 0 bridgehead atoms. The Labute approximate surface area is 111 Å². The van der Waals surface area contributed by atoms with Crippen LogP contribution < -0.4 is 5.32 Å². The Hall–Kier alpha value is -0.900. The molecule has 3 nitrogen and oxygen atoms in total. The average Bonchev–Trinajstić information content (AvgIpc) is 2.36. The van der Waals surface area contributed by atoms with E-state index >= 15 is 0 Å². The zero-order valence-corrected chi connectivity index (χ0v) is 12.0. The highest BCUT2D eigenvalue weighted by molar-refractivity contribution is 5.25. The second kappa shape index (κ2) is 6.88. The molecule has 0 amide bonds. The van der Waals surface area contributed by atoms with Crippen LogP contribution in [0.2, 0.25) is 0 Å². The molecule has 1 atom stereocenters. The van der Waals surface area contributed by atoms with Gasteiger partial charge in [0.25, 0.3) is 0 Å². The number of hydrogen-bond acceptors (Lipinski definition) is 3. The normalized spacial score (nSPS) is 15.1. The summed E-state index contributed by atoms with van der Waals surface area (Å²) in [6, 6.07) is 10.2. The summed E-state index contributed by atoms with van der Waals surface area (Å²) in [6.07, 6.45) is 0. The largest absolute Gasteiger partial charge is 0.394 e. The Morgan fingerprint density at radius 2 is 1.89 bits per heavy atom. The monoisotopic (exact) mass is 250 g/mol. The van der Waals surface area contributed by atoms with Gasteiger partial charge in [0.1, 0.15) is 0 Å². The molecule has 1 unspecified atom stereocenters. The van der Waals surface area contributed by atoms with E-state index in [0.717, 1.165) is 18.7 Å². The van der Waals surface area contributed by atoms with Crippen molar-refractivity contribution in [2.24, 2.45) is 5.92 Å². The van der Waals surface area contributed by atoms with E-state index in [1.165, 1.54) is 0 Å². The van der Waals surface area contributed by atoms with E-state index in [-0.39, 0.29) is 12.1 Å². The lowest BCUT2D eigenvalue weighted by molar-refractivity contribution is 0.119. The molecule has 1 rings (SSSR count). The standard InChI is InChI=1S/C15H26N2O/c1-13(2)10-17(4)11-15(12-18,16-3)14-8-6-5-7-9-14/h5-9,13,16,18H,10-12H2,1-4H3. The summed E-state index contributed by atoms with van der Waals surface area (Å²) in [5, 5.41) is 13.1. The Kier molecular flexibility index (Phi) is 5.79. The van der Waals surface area contributed by atoms with Crippen LogP contribution in [0.4, 0.5) is 0 Å². The first-order valence-electron chi connectivity index (χ1n) is 6.58. The molecule has 0 aromatic heterocycles. The van der Waals surface area contributed by atoms with Crippen molar-refractivity contribution in [1.29, 1.82) is 0 Å². The van der Waals surface area contributed by atoms with Crippen LogP contribution in [0.15, 0.2) is 30.3 Å². The van der Waals surface area contributed by atoms with E-state index in [1.807, 2.05) is 25.2 Å². The number of aliphatic hydroxyl groups is 1. The van der Waals surface area contributed by atoms with Crippen LogP contribution in [0.25, 0.3) is 0 Å². The molecule has 0 aliphatic rings. The molecule has 0 aliphatic heterocycles. The van der Waals surface area contributed by atoms with Crippen molar-refractivity contribution in [2.45, 2.75) is 19.4 Å². The van der Waals surface area contributed by atoms with Crippen molar-refractivity contribution in [3.8, 4) is 0 Å². The van der Waals surface area contributed by atoms with Crippen LogP contribution in [-0.4, -0.2) is 43.8 Å². The van der Waals surface area contributed by atoms with Gasteiger partial charge in [0.2, 0.25) is 0 Å². The van der Waals surface area contributed by atoms with Crippen LogP contribution in [0.5, 0.6) is 0 Å². The maximum absolute atomic E-state index is 9.82. The van der Waals surface area contributed by atoms with Gasteiger partial charge >= 0.3 is 0 Å². The Bertz CT molecular complexity index is 334. The summed E-state index contributed by atoms with van der Waals surface area (Å²) < 4.78 is 0. The Morgan fingerprint density at radius 1 is 1.28 bits per heavy atom. The summed E-state index contributed by atoms with van der Waals surface area (Å²) in [4.78, 5) is 2.27. The van der Waals surface area contributed by atoms with E-state index in [0.29, 0.717) is 5.92 Å². The fourth-order valence-electron chi connectivity index (χ4n) is 2.44. The van der Waals surface area contributed by atoms with E-state index in [2.05, 4.69) is 43.2 Å². The van der Waals surface area contributed by atoms with Crippen LogP contribution in [0, 0.1) is 5.92 Å². The maximum atomic E-state index is 9.82. The number of nitrogens with zero attached hydrogens (tertiary/aromatic N) is 1. The second-order valence-electron chi connectivity index (χ2n) is 5.45. The average molecular weight is 250 g/mol. The van der Waals surface area contributed by atoms with Gasteiger partial charge < -0.3 is 15.3 Å². The van der Waals surface area contributed by atoms with Gasteiger partial charge in [-0.05, 0) is 25.6 Å². The number of rotatable bonds is 7. The molecule has 18 heavy (non-hydrogen) atoms. The van der Waals surface area contributed by atoms with Crippen molar-refractivity contribution in [3.63, 3.8) is 0 Å². The third-order valence-electron chi connectivity index (χ3n) is 3.29. The van der Waals surface area contributed by atoms with E-state index < -0.39 is 0 Å². The third kappa shape index (κ3) is 3.80. The highest BCUT2D eigenvalue weighted by Crippen LogP contribution is 2.21. The smallest absolute Gasteiger partial charge is 0.0795 e. The minimum atomic E-state index is -0.384. The van der Waals surface area contributed by atoms with Crippen LogP contribution in [0.1, 0.15) is 19.4 Å². The van der Waals surface area contributed by atoms with Crippen LogP contribution in [0.3, 0.4) is 0 Å². The fourth-order valence-corrected chi connectivity index (χ4v) is 2.44. The Balaban J connectivity index is 2.87. The maximum Gasteiger partial charge on any atom is 0.0795 e. The first kappa shape index (κ1) is 15.2. The lowest BCUT2D eigenvalue weighted by Crippen LogP contribution is -2.52. The zero-order chi connectivity index (χ0) is 13.6. The van der Waals surface area contributed by atoms with E-state index in [4.69, 9.17) is 0 Å². The van der Waals surface area contributed by atoms with Crippen molar-refractivity contribution in [3.05, 3.63) is 35.9 Å². The fraction of sp³-hybridized carbons (Fsp3) is 0.600. The zero-order valence-electron chi connectivity index (χ0n) is 12.0. The summed E-state index contributed by atoms with van der Waals surface area (Å²) >= 11 is 0. The predicted octanol–water partition coefficient (Wildman–Crippen LogP) is 1.68. The number of benzene rings is 1. The van der Waals surface area contributed by atoms with Gasteiger partial charge in [-0.25, -0.2) is 0 Å². The van der Waals surface area contributed by atoms with E-state index in [1.54, 1.807) is 0 Å². The number of likely N-dealkylation sites (N-methyl/N-ethyl adjacent to an activating group) is 2. The molecule has 0 radical (unpaired) electrons. The van der Waals surface area contributed by atoms with Crippen molar-refractivity contribution < 1.29 is 5.11 Å². The molecule has 0 saturated heterocycles. The van der Waals surface area contributed by atoms with Crippen molar-refractivity contribution in [1.82, 2.24) is 10.2 Å². The number of aliphatic hydroxyl groups excluding tert-OH is 1. The predicted molar refractivity (Wildman–Crippen MR) is 76.6 cm³/mol. The molecule has 3 heteroatoms. The van der Waals surface area contributed by atoms with Crippen molar-refractivity contribution >= 4 is 0 Å². The summed E-state index contributed by atoms with van der Waals surface area (Å²) in [6.45, 7) is 6.33. The molecule has 0 spiro atoms. The first-order valence-corrected chi connectivity index (χ1v) is 6.58. The van der Waals surface area contributed by atoms with Gasteiger partial charge in [0.05, 0.1) is 12.1 Å². The lowest BCUT2D eigenvalue weighted by atomic mass is 9.90. The van der Waals surface area contributed by atoms with Crippen LogP contribution >= 0.6 is 0 Å². The molecule has 1 aromatic rings. The van der Waals surface area contributed by atoms with Gasteiger partial charge in [-0.1, -0.05) is 44.2 Å². The first-order chi connectivity index (χ1) is 8.54. The highest BCUT2D eigenvalue weighted by Gasteiger charge is 2.31. The Morgan fingerprint density at radius 3 is 2.33 bits per heavy atom. The van der Waals surface area contributed by atoms with Gasteiger partial charge in [0.15, 0.2) is 0 Å². The molecule has 0 aliphatic carbocycles. The summed E-state index contributed by atoms with van der Waals surface area (Å²) in [5.74, 6) is 0.624. The molecule has 2 N–H and O–H groups in total. The molecular formula is C15H26N2O. The van der Waals surface area contributed by atoms with Gasteiger partial charge in [-0.15, -0.1) is 0 Å². The molecule has 0 saturated carbocycles. The van der Waals surface area contributed by atoms with Gasteiger partial charge in [0, 0.05) is 13.1 Å². The molecule has 0 heterocycles. The third-order valence-corrected chi connectivity index (χ3v) is 3.29. The SMILES string of the molecule is CNC(CO)(CN(C)CC(C)C)c1ccccc1. The molecule has 0 fully saturated rings. The van der Waals surface area contributed by atoms with Gasteiger partial charge in [-0.2, -0.15) is 0 Å². The summed E-state index contributed by atoms with van der Waals surface area (Å²) in [5.41, 5.74) is 0.746. The molecule has 1 aromatic carbocycles.